The summed E-state index contributed by atoms with van der Waals surface area (Å²) < 4.78 is 15.7. The van der Waals surface area contributed by atoms with E-state index >= 15 is 0 Å². The number of Topliss-reactive ketones (excluding diaryl/α,β-unsaturated/α-hetero) is 1. The minimum absolute atomic E-state index is 0.0732. The van der Waals surface area contributed by atoms with Crippen molar-refractivity contribution < 1.29 is 28.3 Å². The number of ketones is 1. The van der Waals surface area contributed by atoms with Crippen molar-refractivity contribution in [2.75, 3.05) is 6.61 Å². The van der Waals surface area contributed by atoms with Gasteiger partial charge in [0.25, 0.3) is 5.91 Å². The quantitative estimate of drug-likeness (QED) is 0.575. The molecular weight excluding hydrogens is 338 g/mol. The molecule has 138 valence electrons. The van der Waals surface area contributed by atoms with Crippen LogP contribution in [0.4, 0.5) is 0 Å². The number of rotatable bonds is 8. The lowest BCUT2D eigenvalue weighted by atomic mass is 10.1. The molecule has 0 spiro atoms. The Morgan fingerprint density at radius 2 is 2.00 bits per heavy atom. The van der Waals surface area contributed by atoms with Crippen LogP contribution in [0.25, 0.3) is 0 Å². The van der Waals surface area contributed by atoms with Crippen LogP contribution in [0, 0.1) is 0 Å². The maximum atomic E-state index is 12.1. The van der Waals surface area contributed by atoms with Crippen LogP contribution in [0.5, 0.6) is 5.75 Å². The Hall–Kier alpha value is -3.09. The summed E-state index contributed by atoms with van der Waals surface area (Å²) >= 11 is 0. The van der Waals surface area contributed by atoms with Crippen molar-refractivity contribution in [1.82, 2.24) is 5.32 Å². The highest BCUT2D eigenvalue weighted by Gasteiger charge is 2.20. The van der Waals surface area contributed by atoms with Gasteiger partial charge >= 0.3 is 5.97 Å². The predicted octanol–water partition coefficient (Wildman–Crippen LogP) is 2.74. The fourth-order valence-electron chi connectivity index (χ4n) is 2.22. The van der Waals surface area contributed by atoms with Crippen LogP contribution in [0.1, 0.15) is 47.2 Å². The van der Waals surface area contributed by atoms with Crippen LogP contribution in [0.15, 0.2) is 41.0 Å². The number of hydrogen-bond donors (Lipinski definition) is 1. The van der Waals surface area contributed by atoms with Gasteiger partial charge < -0.3 is 19.2 Å². The first kappa shape index (κ1) is 19.2. The number of carbonyl (C=O) groups is 3. The lowest BCUT2D eigenvalue weighted by Crippen LogP contribution is -2.39. The zero-order valence-electron chi connectivity index (χ0n) is 14.9. The summed E-state index contributed by atoms with van der Waals surface area (Å²) in [7, 11) is 0. The monoisotopic (exact) mass is 359 g/mol. The molecule has 1 N–H and O–H groups in total. The van der Waals surface area contributed by atoms with Gasteiger partial charge in [-0.2, -0.15) is 0 Å². The number of furan rings is 1. The van der Waals surface area contributed by atoms with Crippen molar-refractivity contribution in [2.24, 2.45) is 0 Å². The van der Waals surface area contributed by atoms with E-state index in [1.807, 2.05) is 6.92 Å². The summed E-state index contributed by atoms with van der Waals surface area (Å²) in [6.45, 7) is 5.17. The summed E-state index contributed by atoms with van der Waals surface area (Å²) in [6.07, 6.45) is 1.37. The third-order valence-corrected chi connectivity index (χ3v) is 3.58. The van der Waals surface area contributed by atoms with E-state index in [1.165, 1.54) is 26.2 Å². The Bertz CT molecular complexity index is 781. The maximum absolute atomic E-state index is 12.1. The molecule has 1 unspecified atom stereocenters. The molecule has 0 bridgehead atoms. The van der Waals surface area contributed by atoms with Gasteiger partial charge in [0.05, 0.1) is 12.9 Å². The second-order valence-electron chi connectivity index (χ2n) is 5.59. The minimum atomic E-state index is -0.862. The average Bonchev–Trinajstić information content (AvgIpc) is 3.15. The van der Waals surface area contributed by atoms with E-state index in [1.54, 1.807) is 24.3 Å². The van der Waals surface area contributed by atoms with Gasteiger partial charge in [0.2, 0.25) is 0 Å². The third kappa shape index (κ3) is 4.95. The Morgan fingerprint density at radius 3 is 2.62 bits per heavy atom. The molecule has 7 nitrogen and oxygen atoms in total. The van der Waals surface area contributed by atoms with Gasteiger partial charge in [-0.25, -0.2) is 4.79 Å². The number of hydrogen-bond acceptors (Lipinski definition) is 6. The van der Waals surface area contributed by atoms with Crippen molar-refractivity contribution in [3.05, 3.63) is 53.5 Å². The first-order chi connectivity index (χ1) is 12.4. The van der Waals surface area contributed by atoms with Crippen LogP contribution in [0.2, 0.25) is 0 Å². The first-order valence-corrected chi connectivity index (χ1v) is 8.20. The fraction of sp³-hybridized carbons (Fsp3) is 0.316. The van der Waals surface area contributed by atoms with Gasteiger partial charge in [-0.3, -0.25) is 9.59 Å². The maximum Gasteiger partial charge on any atom is 0.328 e. The number of esters is 1. The molecule has 0 fully saturated rings. The Kier molecular flexibility index (Phi) is 6.54. The van der Waals surface area contributed by atoms with Crippen LogP contribution >= 0.6 is 0 Å². The first-order valence-electron chi connectivity index (χ1n) is 8.20. The molecule has 1 amide bonds. The second kappa shape index (κ2) is 8.84. The zero-order chi connectivity index (χ0) is 19.1. The van der Waals surface area contributed by atoms with Gasteiger partial charge in [-0.1, -0.05) is 0 Å². The van der Waals surface area contributed by atoms with E-state index in [-0.39, 0.29) is 18.2 Å². The molecule has 2 rings (SSSR count). The molecule has 7 heteroatoms. The average molecular weight is 359 g/mol. The van der Waals surface area contributed by atoms with Crippen molar-refractivity contribution in [2.45, 2.75) is 33.4 Å². The van der Waals surface area contributed by atoms with Gasteiger partial charge in [0.15, 0.2) is 11.5 Å². The zero-order valence-corrected chi connectivity index (χ0v) is 14.9. The van der Waals surface area contributed by atoms with Crippen LogP contribution in [-0.2, 0) is 16.1 Å². The standard InChI is InChI=1S/C19H21NO6/c1-4-24-16-8-7-14(13(3)21)10-15(16)11-26-19(23)12(2)20-18(22)17-6-5-9-25-17/h5-10,12H,4,11H2,1-3H3,(H,20,22). The minimum Gasteiger partial charge on any atom is -0.493 e. The molecule has 0 aliphatic rings. The molecule has 0 saturated heterocycles. The van der Waals surface area contributed by atoms with Crippen LogP contribution < -0.4 is 10.1 Å². The van der Waals surface area contributed by atoms with E-state index in [4.69, 9.17) is 13.9 Å². The van der Waals surface area contributed by atoms with E-state index in [0.717, 1.165) is 0 Å². The summed E-state index contributed by atoms with van der Waals surface area (Å²) in [6, 6.07) is 7.17. The topological polar surface area (TPSA) is 94.8 Å². The second-order valence-corrected chi connectivity index (χ2v) is 5.59. The number of ether oxygens (including phenoxy) is 2. The van der Waals surface area contributed by atoms with Gasteiger partial charge in [0, 0.05) is 11.1 Å². The highest BCUT2D eigenvalue weighted by Crippen LogP contribution is 2.22. The summed E-state index contributed by atoms with van der Waals surface area (Å²) in [5, 5.41) is 2.50. The molecule has 2 aromatic rings. The van der Waals surface area contributed by atoms with Gasteiger partial charge in [0.1, 0.15) is 18.4 Å². The normalized spacial score (nSPS) is 11.5. The smallest absolute Gasteiger partial charge is 0.328 e. The summed E-state index contributed by atoms with van der Waals surface area (Å²) in [4.78, 5) is 35.6. The van der Waals surface area contributed by atoms with E-state index in [2.05, 4.69) is 5.32 Å². The van der Waals surface area contributed by atoms with E-state index in [9.17, 15) is 14.4 Å². The number of benzene rings is 1. The van der Waals surface area contributed by atoms with Crippen molar-refractivity contribution >= 4 is 17.7 Å². The lowest BCUT2D eigenvalue weighted by molar-refractivity contribution is -0.146. The van der Waals surface area contributed by atoms with Crippen molar-refractivity contribution in [3.8, 4) is 5.75 Å². The highest BCUT2D eigenvalue weighted by molar-refractivity contribution is 5.95. The Morgan fingerprint density at radius 1 is 1.23 bits per heavy atom. The van der Waals surface area contributed by atoms with Crippen molar-refractivity contribution in [1.29, 1.82) is 0 Å². The number of nitrogens with one attached hydrogen (secondary N) is 1. The van der Waals surface area contributed by atoms with Gasteiger partial charge in [-0.05, 0) is 51.1 Å². The molecule has 1 atom stereocenters. The molecular formula is C19H21NO6. The van der Waals surface area contributed by atoms with Gasteiger partial charge in [-0.15, -0.1) is 0 Å². The van der Waals surface area contributed by atoms with E-state index in [0.29, 0.717) is 23.5 Å². The molecule has 1 aromatic carbocycles. The number of carbonyl (C=O) groups excluding carboxylic acids is 3. The fourth-order valence-corrected chi connectivity index (χ4v) is 2.22. The molecule has 0 radical (unpaired) electrons. The molecule has 0 aliphatic carbocycles. The SMILES string of the molecule is CCOc1ccc(C(C)=O)cc1COC(=O)C(C)NC(=O)c1ccco1. The third-order valence-electron chi connectivity index (χ3n) is 3.58. The Labute approximate surface area is 151 Å². The van der Waals surface area contributed by atoms with Crippen LogP contribution in [0.3, 0.4) is 0 Å². The predicted molar refractivity (Wildman–Crippen MR) is 93.0 cm³/mol. The molecule has 1 aromatic heterocycles. The largest absolute Gasteiger partial charge is 0.493 e. The molecule has 0 saturated carbocycles. The molecule has 1 heterocycles. The summed E-state index contributed by atoms with van der Waals surface area (Å²) in [5.41, 5.74) is 1.08. The van der Waals surface area contributed by atoms with Crippen LogP contribution in [-0.4, -0.2) is 30.3 Å². The Balaban J connectivity index is 2.00. The highest BCUT2D eigenvalue weighted by atomic mass is 16.5. The number of amides is 1. The summed E-state index contributed by atoms with van der Waals surface area (Å²) in [5.74, 6) is -0.566. The molecule has 26 heavy (non-hydrogen) atoms. The van der Waals surface area contributed by atoms with Crippen molar-refractivity contribution in [3.63, 3.8) is 0 Å². The molecule has 0 aliphatic heterocycles. The lowest BCUT2D eigenvalue weighted by Gasteiger charge is -2.15. The van der Waals surface area contributed by atoms with E-state index < -0.39 is 17.9 Å².